The van der Waals surface area contributed by atoms with Crippen LogP contribution in [-0.2, 0) is 9.59 Å². The van der Waals surface area contributed by atoms with Gasteiger partial charge in [0.2, 0.25) is 11.8 Å². The van der Waals surface area contributed by atoms with Gasteiger partial charge in [-0.15, -0.1) is 0 Å². The van der Waals surface area contributed by atoms with E-state index in [1.807, 2.05) is 57.2 Å². The highest BCUT2D eigenvalue weighted by atomic mass is 35.5. The molecular formula is C21H23ClN2O3. The summed E-state index contributed by atoms with van der Waals surface area (Å²) in [5, 5.41) is 3.40. The second kappa shape index (κ2) is 8.01. The highest BCUT2D eigenvalue weighted by Gasteiger charge is 2.36. The maximum absolute atomic E-state index is 12.8. The molecule has 5 nitrogen and oxygen atoms in total. The minimum Gasteiger partial charge on any atom is -0.492 e. The number of nitrogens with zero attached hydrogens (tertiary/aromatic N) is 1. The van der Waals surface area contributed by atoms with Crippen LogP contribution in [0.3, 0.4) is 0 Å². The molecule has 1 aliphatic rings. The topological polar surface area (TPSA) is 58.6 Å². The quantitative estimate of drug-likeness (QED) is 0.831. The number of para-hydroxylation sites is 2. The fourth-order valence-corrected chi connectivity index (χ4v) is 3.74. The molecule has 1 aliphatic heterocycles. The molecule has 2 amide bonds. The van der Waals surface area contributed by atoms with Gasteiger partial charge in [-0.05, 0) is 50.1 Å². The van der Waals surface area contributed by atoms with Gasteiger partial charge in [-0.1, -0.05) is 29.8 Å². The molecule has 1 saturated heterocycles. The lowest BCUT2D eigenvalue weighted by molar-refractivity contribution is -0.122. The average molecular weight is 387 g/mol. The van der Waals surface area contributed by atoms with Crippen molar-refractivity contribution in [2.24, 2.45) is 5.92 Å². The second-order valence-corrected chi connectivity index (χ2v) is 7.14. The summed E-state index contributed by atoms with van der Waals surface area (Å²) in [6.45, 7) is 6.57. The van der Waals surface area contributed by atoms with E-state index in [-0.39, 0.29) is 18.2 Å². The molecule has 2 aromatic rings. The lowest BCUT2D eigenvalue weighted by Crippen LogP contribution is -2.28. The molecule has 1 heterocycles. The van der Waals surface area contributed by atoms with Gasteiger partial charge in [0.25, 0.3) is 0 Å². The lowest BCUT2D eigenvalue weighted by atomic mass is 10.1. The molecule has 1 unspecified atom stereocenters. The summed E-state index contributed by atoms with van der Waals surface area (Å²) in [4.78, 5) is 26.9. The molecule has 0 bridgehead atoms. The number of hydrogen-bond donors (Lipinski definition) is 1. The number of amides is 2. The summed E-state index contributed by atoms with van der Waals surface area (Å²) >= 11 is 6.29. The van der Waals surface area contributed by atoms with Crippen molar-refractivity contribution in [1.82, 2.24) is 0 Å². The lowest BCUT2D eigenvalue weighted by Gasteiger charge is -2.20. The number of ether oxygens (including phenoxy) is 1. The molecule has 3 rings (SSSR count). The first-order chi connectivity index (χ1) is 12.9. The predicted octanol–water partition coefficient (Wildman–Crippen LogP) is 4.35. The van der Waals surface area contributed by atoms with Gasteiger partial charge in [0.1, 0.15) is 5.75 Å². The molecule has 142 valence electrons. The Kier molecular flexibility index (Phi) is 5.71. The van der Waals surface area contributed by atoms with Crippen molar-refractivity contribution in [3.8, 4) is 5.75 Å². The van der Waals surface area contributed by atoms with Gasteiger partial charge < -0.3 is 15.0 Å². The maximum Gasteiger partial charge on any atom is 0.229 e. The zero-order valence-corrected chi connectivity index (χ0v) is 16.5. The van der Waals surface area contributed by atoms with Gasteiger partial charge in [0, 0.05) is 13.0 Å². The number of anilines is 2. The van der Waals surface area contributed by atoms with Crippen molar-refractivity contribution >= 4 is 34.8 Å². The number of carbonyl (C=O) groups is 2. The number of rotatable bonds is 5. The molecule has 1 atom stereocenters. The first kappa shape index (κ1) is 19.2. The summed E-state index contributed by atoms with van der Waals surface area (Å²) in [7, 11) is 0. The van der Waals surface area contributed by atoms with Crippen molar-refractivity contribution in [1.29, 1.82) is 0 Å². The van der Waals surface area contributed by atoms with Crippen LogP contribution in [0.15, 0.2) is 36.4 Å². The van der Waals surface area contributed by atoms with Crippen LogP contribution < -0.4 is 15.0 Å². The van der Waals surface area contributed by atoms with E-state index >= 15 is 0 Å². The Morgan fingerprint density at radius 3 is 2.74 bits per heavy atom. The summed E-state index contributed by atoms with van der Waals surface area (Å²) in [6.07, 6.45) is 0.162. The normalized spacial score (nSPS) is 16.5. The molecule has 6 heteroatoms. The van der Waals surface area contributed by atoms with E-state index in [0.29, 0.717) is 35.3 Å². The van der Waals surface area contributed by atoms with Crippen LogP contribution >= 0.6 is 11.6 Å². The molecule has 1 N–H and O–H groups in total. The van der Waals surface area contributed by atoms with Crippen LogP contribution in [0.25, 0.3) is 0 Å². The Labute approximate surface area is 164 Å². The summed E-state index contributed by atoms with van der Waals surface area (Å²) in [5.74, 6) is -0.0848. The van der Waals surface area contributed by atoms with Crippen molar-refractivity contribution in [2.45, 2.75) is 27.2 Å². The van der Waals surface area contributed by atoms with Crippen molar-refractivity contribution in [3.05, 3.63) is 52.5 Å². The zero-order chi connectivity index (χ0) is 19.6. The smallest absolute Gasteiger partial charge is 0.229 e. The third-order valence-corrected chi connectivity index (χ3v) is 4.93. The Morgan fingerprint density at radius 2 is 2.04 bits per heavy atom. The summed E-state index contributed by atoms with van der Waals surface area (Å²) in [5.41, 5.74) is 3.23. The molecule has 27 heavy (non-hydrogen) atoms. The van der Waals surface area contributed by atoms with E-state index in [4.69, 9.17) is 16.3 Å². The van der Waals surface area contributed by atoms with E-state index in [1.54, 1.807) is 4.90 Å². The highest BCUT2D eigenvalue weighted by molar-refractivity contribution is 6.34. The van der Waals surface area contributed by atoms with Crippen LogP contribution in [0.5, 0.6) is 5.75 Å². The van der Waals surface area contributed by atoms with Crippen LogP contribution in [0, 0.1) is 19.8 Å². The van der Waals surface area contributed by atoms with Crippen LogP contribution in [-0.4, -0.2) is 25.0 Å². The molecule has 0 radical (unpaired) electrons. The van der Waals surface area contributed by atoms with E-state index in [9.17, 15) is 9.59 Å². The van der Waals surface area contributed by atoms with Crippen molar-refractivity contribution in [3.63, 3.8) is 0 Å². The standard InChI is InChI=1S/C21H23ClN2O3/c1-4-27-18-8-6-5-7-17(18)24-12-15(11-19(24)25)21(26)23-20-14(3)9-13(2)10-16(20)22/h5-10,15H,4,11-12H2,1-3H3,(H,23,26). The van der Waals surface area contributed by atoms with Gasteiger partial charge in [0.05, 0.1) is 28.9 Å². The molecule has 2 aromatic carbocycles. The monoisotopic (exact) mass is 386 g/mol. The number of carbonyl (C=O) groups excluding carboxylic acids is 2. The number of hydrogen-bond acceptors (Lipinski definition) is 3. The van der Waals surface area contributed by atoms with E-state index < -0.39 is 5.92 Å². The van der Waals surface area contributed by atoms with E-state index in [1.165, 1.54) is 0 Å². The summed E-state index contributed by atoms with van der Waals surface area (Å²) in [6, 6.07) is 11.2. The third kappa shape index (κ3) is 4.08. The number of halogens is 1. The first-order valence-electron chi connectivity index (χ1n) is 9.00. The first-order valence-corrected chi connectivity index (χ1v) is 9.38. The molecule has 0 aliphatic carbocycles. The minimum absolute atomic E-state index is 0.0889. The molecular weight excluding hydrogens is 364 g/mol. The van der Waals surface area contributed by atoms with Crippen LogP contribution in [0.2, 0.25) is 5.02 Å². The van der Waals surface area contributed by atoms with Gasteiger partial charge in [-0.2, -0.15) is 0 Å². The molecule has 0 aromatic heterocycles. The van der Waals surface area contributed by atoms with Gasteiger partial charge >= 0.3 is 0 Å². The molecule has 1 fully saturated rings. The van der Waals surface area contributed by atoms with Crippen molar-refractivity contribution < 1.29 is 14.3 Å². The predicted molar refractivity (Wildman–Crippen MR) is 108 cm³/mol. The van der Waals surface area contributed by atoms with Gasteiger partial charge in [-0.25, -0.2) is 0 Å². The number of aryl methyl sites for hydroxylation is 2. The highest BCUT2D eigenvalue weighted by Crippen LogP contribution is 2.34. The Hall–Kier alpha value is -2.53. The molecule has 0 spiro atoms. The van der Waals surface area contributed by atoms with E-state index in [0.717, 1.165) is 11.1 Å². The van der Waals surface area contributed by atoms with E-state index in [2.05, 4.69) is 5.32 Å². The summed E-state index contributed by atoms with van der Waals surface area (Å²) < 4.78 is 5.62. The fraction of sp³-hybridized carbons (Fsp3) is 0.333. The van der Waals surface area contributed by atoms with Crippen LogP contribution in [0.4, 0.5) is 11.4 Å². The Bertz CT molecular complexity index is 858. The number of nitrogens with one attached hydrogen (secondary N) is 1. The Balaban J connectivity index is 1.77. The van der Waals surface area contributed by atoms with Crippen LogP contribution in [0.1, 0.15) is 24.5 Å². The SMILES string of the molecule is CCOc1ccccc1N1CC(C(=O)Nc2c(C)cc(C)cc2Cl)CC1=O. The maximum atomic E-state index is 12.8. The zero-order valence-electron chi connectivity index (χ0n) is 15.7. The van der Waals surface area contributed by atoms with Crippen molar-refractivity contribution in [2.75, 3.05) is 23.4 Å². The average Bonchev–Trinajstić information content (AvgIpc) is 3.00. The third-order valence-electron chi connectivity index (χ3n) is 4.63. The minimum atomic E-state index is -0.441. The second-order valence-electron chi connectivity index (χ2n) is 6.73. The van der Waals surface area contributed by atoms with Gasteiger partial charge in [0.15, 0.2) is 0 Å². The number of benzene rings is 2. The fourth-order valence-electron chi connectivity index (χ4n) is 3.37. The largest absolute Gasteiger partial charge is 0.492 e. The van der Waals surface area contributed by atoms with Gasteiger partial charge in [-0.3, -0.25) is 9.59 Å². The Morgan fingerprint density at radius 1 is 1.30 bits per heavy atom. The molecule has 0 saturated carbocycles.